The molecule has 1 aliphatic rings. The first-order valence-corrected chi connectivity index (χ1v) is 8.97. The maximum absolute atomic E-state index is 14.0. The fourth-order valence-corrected chi connectivity index (χ4v) is 3.46. The van der Waals surface area contributed by atoms with Crippen LogP contribution in [0, 0.1) is 23.0 Å². The smallest absolute Gasteiger partial charge is 0.186 e. The average Bonchev–Trinajstić information content (AvgIpc) is 3.16. The van der Waals surface area contributed by atoms with Crippen LogP contribution in [-0.2, 0) is 6.52 Å². The highest BCUT2D eigenvalue weighted by Gasteiger charge is 2.22. The van der Waals surface area contributed by atoms with Crippen molar-refractivity contribution in [2.45, 2.75) is 25.3 Å². The highest BCUT2D eigenvalue weighted by atomic mass is 35.5. The van der Waals surface area contributed by atoms with E-state index in [9.17, 15) is 8.78 Å². The number of hydrogen-bond donors (Lipinski definition) is 1. The van der Waals surface area contributed by atoms with Gasteiger partial charge in [0.1, 0.15) is 24.3 Å². The van der Waals surface area contributed by atoms with Crippen molar-refractivity contribution in [2.75, 3.05) is 18.4 Å². The van der Waals surface area contributed by atoms with Gasteiger partial charge in [-0.2, -0.15) is 5.26 Å². The van der Waals surface area contributed by atoms with E-state index >= 15 is 0 Å². The molecule has 1 atom stereocenters. The zero-order chi connectivity index (χ0) is 26.8. The Kier molecular flexibility index (Phi) is 3.27. The van der Waals surface area contributed by atoms with Crippen LogP contribution in [0.1, 0.15) is 33.5 Å². The van der Waals surface area contributed by atoms with Crippen molar-refractivity contribution < 1.29 is 19.8 Å². The SMILES string of the molecule is [2H]c1nc(N([2H])C2([2H])C([2H])([2H])CN(C([2H])c3cc(F)c(F)c(C#N)c3)CC2([2H])[2H])c2sc(Cl)nc2n1. The lowest BCUT2D eigenvalue weighted by molar-refractivity contribution is 0.211. The van der Waals surface area contributed by atoms with Crippen molar-refractivity contribution in [2.24, 2.45) is 0 Å². The number of nitrogens with one attached hydrogen (secondary N) is 1. The number of rotatable bonds is 4. The standard InChI is InChI=1S/C18H15ClF2N6S/c19-18-26-17-15(28-18)16(23-9-24-17)25-12-1-3-27(4-2-12)8-10-5-11(7-22)14(21)13(20)6-10/h5-6,9,12H,1-4,8H2,(H,23,24,25)/i1D2,2D2,8D,9D,12D/hD. The van der Waals surface area contributed by atoms with E-state index in [4.69, 9.17) is 27.9 Å². The molecule has 3 aromatic rings. The molecule has 4 rings (SSSR count). The molecule has 0 saturated carbocycles. The van der Waals surface area contributed by atoms with Crippen LogP contribution in [0.5, 0.6) is 0 Å². The molecular weight excluding hydrogens is 406 g/mol. The maximum Gasteiger partial charge on any atom is 0.186 e. The van der Waals surface area contributed by atoms with Gasteiger partial charge in [0.05, 0.1) is 6.93 Å². The van der Waals surface area contributed by atoms with Gasteiger partial charge in [-0.15, -0.1) is 0 Å². The van der Waals surface area contributed by atoms with Gasteiger partial charge in [-0.05, 0) is 30.4 Å². The molecule has 1 fully saturated rings. The van der Waals surface area contributed by atoms with E-state index in [1.54, 1.807) is 0 Å². The molecule has 1 aliphatic heterocycles. The third-order valence-corrected chi connectivity index (χ3v) is 4.86. The second-order valence-electron chi connectivity index (χ2n) is 5.59. The van der Waals surface area contributed by atoms with Gasteiger partial charge in [-0.3, -0.25) is 4.90 Å². The lowest BCUT2D eigenvalue weighted by atomic mass is 10.0. The minimum atomic E-state index is -2.95. The molecule has 0 spiro atoms. The Hall–Kier alpha value is -2.41. The number of piperidine rings is 1. The summed E-state index contributed by atoms with van der Waals surface area (Å²) in [5, 5.41) is 9.25. The van der Waals surface area contributed by atoms with Crippen molar-refractivity contribution in [3.05, 3.63) is 45.7 Å². The van der Waals surface area contributed by atoms with Gasteiger partial charge in [0.2, 0.25) is 0 Å². The van der Waals surface area contributed by atoms with E-state index < -0.39 is 67.7 Å². The van der Waals surface area contributed by atoms with Gasteiger partial charge in [0.15, 0.2) is 23.2 Å². The summed E-state index contributed by atoms with van der Waals surface area (Å²) >= 11 is 6.72. The van der Waals surface area contributed by atoms with Crippen LogP contribution in [0.2, 0.25) is 5.88 Å². The number of benzene rings is 1. The summed E-state index contributed by atoms with van der Waals surface area (Å²) in [6, 6.07) is 0.0984. The zero-order valence-corrected chi connectivity index (χ0v) is 15.4. The number of halogens is 3. The van der Waals surface area contributed by atoms with E-state index in [0.717, 1.165) is 22.3 Å². The lowest BCUT2D eigenvalue weighted by Gasteiger charge is -2.32. The summed E-state index contributed by atoms with van der Waals surface area (Å²) in [6.45, 7) is -3.13. The fourth-order valence-electron chi connectivity index (χ4n) is 2.48. The molecular formula is C18H15ClF2N6S. The Bertz CT molecular complexity index is 1380. The highest BCUT2D eigenvalue weighted by Crippen LogP contribution is 2.30. The minimum absolute atomic E-state index is 0.0141. The lowest BCUT2D eigenvalue weighted by Crippen LogP contribution is -2.38. The molecule has 1 saturated heterocycles. The van der Waals surface area contributed by atoms with Crippen LogP contribution in [0.25, 0.3) is 10.3 Å². The Balaban J connectivity index is 1.75. The number of hydrogen-bond acceptors (Lipinski definition) is 7. The second-order valence-corrected chi connectivity index (χ2v) is 7.17. The number of anilines is 1. The Morgan fingerprint density at radius 3 is 3.04 bits per heavy atom. The first kappa shape index (κ1) is 11.6. The third kappa shape index (κ3) is 3.90. The molecule has 0 amide bonds. The van der Waals surface area contributed by atoms with Gasteiger partial charge < -0.3 is 5.31 Å². The molecule has 0 radical (unpaired) electrons. The number of nitrogens with zero attached hydrogens (tertiary/aromatic N) is 5. The third-order valence-electron chi connectivity index (χ3n) is 3.72. The predicted molar refractivity (Wildman–Crippen MR) is 103 cm³/mol. The molecule has 2 aromatic heterocycles. The Morgan fingerprint density at radius 1 is 1.50 bits per heavy atom. The monoisotopic (exact) mass is 428 g/mol. The van der Waals surface area contributed by atoms with Crippen molar-refractivity contribution in [1.82, 2.24) is 19.9 Å². The van der Waals surface area contributed by atoms with Gasteiger partial charge in [-0.1, -0.05) is 22.9 Å². The molecule has 0 bridgehead atoms. The van der Waals surface area contributed by atoms with E-state index in [1.165, 1.54) is 6.07 Å². The topological polar surface area (TPSA) is 77.7 Å². The summed E-state index contributed by atoms with van der Waals surface area (Å²) in [7, 11) is 0. The van der Waals surface area contributed by atoms with Crippen molar-refractivity contribution in [1.29, 1.82) is 5.26 Å². The quantitative estimate of drug-likeness (QED) is 0.677. The fraction of sp³-hybridized carbons (Fsp3) is 0.333. The molecule has 6 nitrogen and oxygen atoms in total. The number of nitriles is 1. The van der Waals surface area contributed by atoms with Crippen LogP contribution < -0.4 is 5.31 Å². The number of fused-ring (bicyclic) bond motifs is 1. The van der Waals surface area contributed by atoms with E-state index in [2.05, 4.69) is 15.0 Å². The molecule has 10 heteroatoms. The highest BCUT2D eigenvalue weighted by molar-refractivity contribution is 7.22. The Labute approximate surface area is 180 Å². The summed E-state index contributed by atoms with van der Waals surface area (Å²) in [5.74, 6) is -3.23. The van der Waals surface area contributed by atoms with E-state index in [0.29, 0.717) is 6.07 Å². The van der Waals surface area contributed by atoms with Crippen LogP contribution in [-0.4, -0.2) is 39.0 Å². The molecule has 144 valence electrons. The van der Waals surface area contributed by atoms with Crippen molar-refractivity contribution >= 4 is 39.1 Å². The van der Waals surface area contributed by atoms with Crippen LogP contribution >= 0.6 is 22.9 Å². The van der Waals surface area contributed by atoms with Crippen molar-refractivity contribution in [3.63, 3.8) is 0 Å². The van der Waals surface area contributed by atoms with E-state index in [1.807, 2.05) is 0 Å². The Morgan fingerprint density at radius 2 is 2.29 bits per heavy atom. The van der Waals surface area contributed by atoms with Crippen LogP contribution in [0.4, 0.5) is 14.6 Å². The molecule has 1 aromatic carbocycles. The van der Waals surface area contributed by atoms with Crippen LogP contribution in [0.3, 0.4) is 0 Å². The summed E-state index contributed by atoms with van der Waals surface area (Å²) in [6.07, 6.45) is -6.29. The van der Waals surface area contributed by atoms with Crippen molar-refractivity contribution in [3.8, 4) is 6.07 Å². The number of thiazole rings is 1. The van der Waals surface area contributed by atoms with E-state index in [-0.39, 0.29) is 25.7 Å². The minimum Gasteiger partial charge on any atom is -0.366 e. The molecule has 1 N–H and O–H groups in total. The molecule has 28 heavy (non-hydrogen) atoms. The summed E-state index contributed by atoms with van der Waals surface area (Å²) in [5.41, 5.74) is -0.954. The summed E-state index contributed by atoms with van der Waals surface area (Å²) in [4.78, 5) is 12.4. The van der Waals surface area contributed by atoms with Gasteiger partial charge in [0, 0.05) is 32.5 Å². The summed E-state index contributed by atoms with van der Waals surface area (Å²) < 4.78 is 95.6. The second kappa shape index (κ2) is 7.91. The number of aromatic nitrogens is 3. The first-order valence-electron chi connectivity index (χ1n) is 11.8. The zero-order valence-electron chi connectivity index (χ0n) is 21.9. The first-order chi connectivity index (χ1) is 16.6. The van der Waals surface area contributed by atoms with Gasteiger partial charge in [-0.25, -0.2) is 23.7 Å². The largest absolute Gasteiger partial charge is 0.366 e. The maximum atomic E-state index is 14.0. The molecule has 0 aliphatic carbocycles. The van der Waals surface area contributed by atoms with Gasteiger partial charge >= 0.3 is 0 Å². The van der Waals surface area contributed by atoms with Gasteiger partial charge in [0.25, 0.3) is 0 Å². The van der Waals surface area contributed by atoms with Crippen LogP contribution in [0.15, 0.2) is 18.4 Å². The molecule has 1 unspecified atom stereocenters. The average molecular weight is 429 g/mol. The predicted octanol–water partition coefficient (Wildman–Crippen LogP) is 3.97. The molecule has 3 heterocycles. The number of likely N-dealkylation sites (tertiary alicyclic amines) is 1. The normalized spacial score (nSPS) is 25.6.